The van der Waals surface area contributed by atoms with Crippen LogP contribution in [0.3, 0.4) is 0 Å². The van der Waals surface area contributed by atoms with Crippen LogP contribution in [0.4, 0.5) is 0 Å². The van der Waals surface area contributed by atoms with Gasteiger partial charge in [0.1, 0.15) is 13.2 Å². The van der Waals surface area contributed by atoms with Crippen LogP contribution < -0.4 is 0 Å². The zero-order chi connectivity index (χ0) is 47.2. The van der Waals surface area contributed by atoms with Crippen molar-refractivity contribution in [2.75, 3.05) is 13.2 Å². The van der Waals surface area contributed by atoms with Gasteiger partial charge in [-0.25, -0.2) is 0 Å². The Morgan fingerprint density at radius 2 is 0.600 bits per heavy atom. The van der Waals surface area contributed by atoms with Crippen LogP contribution in [0.1, 0.15) is 290 Å². The minimum absolute atomic E-state index is 0.0977. The summed E-state index contributed by atoms with van der Waals surface area (Å²) < 4.78 is 16.7. The lowest BCUT2D eigenvalue weighted by Gasteiger charge is -2.18. The Hall–Kier alpha value is -2.63. The van der Waals surface area contributed by atoms with Crippen LogP contribution in [0.25, 0.3) is 0 Å². The zero-order valence-electron chi connectivity index (χ0n) is 43.3. The number of esters is 3. The second-order valence-corrected chi connectivity index (χ2v) is 18.8. The van der Waals surface area contributed by atoms with Crippen LogP contribution in [-0.2, 0) is 28.6 Å². The van der Waals surface area contributed by atoms with Crippen LogP contribution in [-0.4, -0.2) is 37.2 Å². The normalized spacial score (nSPS) is 12.4. The predicted molar refractivity (Wildman–Crippen MR) is 279 cm³/mol. The fourth-order valence-corrected chi connectivity index (χ4v) is 8.16. The van der Waals surface area contributed by atoms with E-state index in [1.54, 1.807) is 0 Å². The average Bonchev–Trinajstić information content (AvgIpc) is 3.30. The molecular weight excluding hydrogens is 805 g/mol. The Balaban J connectivity index is 4.22. The molecule has 0 N–H and O–H groups in total. The number of ether oxygens (including phenoxy) is 3. The van der Waals surface area contributed by atoms with Gasteiger partial charge in [0.05, 0.1) is 0 Å². The first-order valence-corrected chi connectivity index (χ1v) is 28.1. The lowest BCUT2D eigenvalue weighted by atomic mass is 10.0. The molecule has 0 aromatic heterocycles. The monoisotopic (exact) mass is 911 g/mol. The summed E-state index contributed by atoms with van der Waals surface area (Å²) in [4.78, 5) is 37.9. The van der Waals surface area contributed by atoms with Gasteiger partial charge in [0.2, 0.25) is 0 Å². The molecule has 0 aliphatic carbocycles. The topological polar surface area (TPSA) is 78.9 Å². The van der Waals surface area contributed by atoms with E-state index in [9.17, 15) is 14.4 Å². The van der Waals surface area contributed by atoms with Gasteiger partial charge in [0.15, 0.2) is 6.10 Å². The van der Waals surface area contributed by atoms with Crippen molar-refractivity contribution < 1.29 is 28.6 Å². The van der Waals surface area contributed by atoms with Crippen molar-refractivity contribution in [2.45, 2.75) is 297 Å². The molecule has 0 spiro atoms. The first kappa shape index (κ1) is 62.4. The number of carbonyl (C=O) groups excluding carboxylic acids is 3. The molecule has 0 aromatic rings. The molecule has 0 amide bonds. The van der Waals surface area contributed by atoms with Gasteiger partial charge in [0, 0.05) is 19.3 Å². The molecule has 0 rings (SSSR count). The fourth-order valence-electron chi connectivity index (χ4n) is 8.16. The smallest absolute Gasteiger partial charge is 0.306 e. The Bertz CT molecular complexity index is 1140. The van der Waals surface area contributed by atoms with Gasteiger partial charge >= 0.3 is 17.9 Å². The maximum absolute atomic E-state index is 12.7. The van der Waals surface area contributed by atoms with E-state index in [0.29, 0.717) is 19.3 Å². The summed E-state index contributed by atoms with van der Waals surface area (Å²) in [5, 5.41) is 0. The third-order valence-corrected chi connectivity index (χ3v) is 12.4. The molecule has 0 radical (unpaired) electrons. The summed E-state index contributed by atoms with van der Waals surface area (Å²) >= 11 is 0. The molecule has 0 heterocycles. The van der Waals surface area contributed by atoms with Gasteiger partial charge in [-0.3, -0.25) is 14.4 Å². The van der Waals surface area contributed by atoms with Crippen molar-refractivity contribution in [3.8, 4) is 0 Å². The van der Waals surface area contributed by atoms with E-state index in [4.69, 9.17) is 14.2 Å². The quantitative estimate of drug-likeness (QED) is 0.0262. The minimum atomic E-state index is -0.806. The largest absolute Gasteiger partial charge is 0.462 e. The number of unbranched alkanes of at least 4 members (excludes halogenated alkanes) is 32. The maximum atomic E-state index is 12.7. The Morgan fingerprint density at radius 1 is 0.323 bits per heavy atom. The Morgan fingerprint density at radius 3 is 0.908 bits per heavy atom. The molecule has 1 atom stereocenters. The van der Waals surface area contributed by atoms with E-state index in [1.165, 1.54) is 180 Å². The first-order valence-electron chi connectivity index (χ1n) is 28.1. The highest BCUT2D eigenvalue weighted by atomic mass is 16.6. The summed E-state index contributed by atoms with van der Waals surface area (Å²) in [5.74, 6) is -0.970. The van der Waals surface area contributed by atoms with Gasteiger partial charge in [-0.05, 0) is 44.9 Å². The third-order valence-electron chi connectivity index (χ3n) is 12.4. The van der Waals surface area contributed by atoms with Gasteiger partial charge in [-0.15, -0.1) is 0 Å². The van der Waals surface area contributed by atoms with Crippen LogP contribution >= 0.6 is 0 Å². The number of hydrogen-bond donors (Lipinski definition) is 0. The highest BCUT2D eigenvalue weighted by Gasteiger charge is 2.19. The van der Waals surface area contributed by atoms with Crippen molar-refractivity contribution in [3.63, 3.8) is 0 Å². The van der Waals surface area contributed by atoms with Crippen LogP contribution in [0.15, 0.2) is 48.6 Å². The predicted octanol–water partition coefficient (Wildman–Crippen LogP) is 18.7. The Kier molecular flexibility index (Phi) is 51.8. The number of rotatable bonds is 51. The summed E-state index contributed by atoms with van der Waals surface area (Å²) in [6.45, 7) is 6.48. The highest BCUT2D eigenvalue weighted by molar-refractivity contribution is 5.71. The van der Waals surface area contributed by atoms with E-state index in [0.717, 1.165) is 64.2 Å². The van der Waals surface area contributed by atoms with Crippen molar-refractivity contribution in [3.05, 3.63) is 48.6 Å². The molecule has 0 aliphatic rings. The Labute approximate surface area is 403 Å². The molecule has 1 unspecified atom stereocenters. The molecule has 0 bridgehead atoms. The second kappa shape index (κ2) is 54.0. The molecule has 0 fully saturated rings. The van der Waals surface area contributed by atoms with Crippen LogP contribution in [0, 0.1) is 0 Å². The lowest BCUT2D eigenvalue weighted by molar-refractivity contribution is -0.166. The molecular formula is C59H106O6. The standard InChI is InChI=1S/C59H106O6/c1-4-7-10-13-16-19-22-24-25-26-27-28-29-30-31-32-33-34-36-37-40-43-46-49-52-58(61)64-55-56(54-63-57(60)51-48-45-42-39-21-18-15-12-9-6-3)65-59(62)53-50-47-44-41-38-35-23-20-17-14-11-8-5-2/h8,11,17,20,35,38,44,47,56H,4-7,9-10,12-16,18-19,21-34,36-37,39-43,45-46,48-55H2,1-3H3/b11-8-,20-17-,38-35-,47-44-. The average molecular weight is 911 g/mol. The van der Waals surface area contributed by atoms with Crippen molar-refractivity contribution in [1.29, 1.82) is 0 Å². The first-order chi connectivity index (χ1) is 32.0. The van der Waals surface area contributed by atoms with Crippen molar-refractivity contribution >= 4 is 17.9 Å². The highest BCUT2D eigenvalue weighted by Crippen LogP contribution is 2.17. The van der Waals surface area contributed by atoms with Gasteiger partial charge in [0.25, 0.3) is 0 Å². The molecule has 0 aromatic carbocycles. The summed E-state index contributed by atoms with van der Waals surface area (Å²) in [7, 11) is 0. The SMILES string of the molecule is CC/C=C\C/C=C\C/C=C\C/C=C\CCC(=O)OC(COC(=O)CCCCCCCCCCCC)COC(=O)CCCCCCCCCCCCCCCCCCCCCCCCCC. The van der Waals surface area contributed by atoms with E-state index < -0.39 is 6.10 Å². The van der Waals surface area contributed by atoms with Gasteiger partial charge in [-0.1, -0.05) is 275 Å². The fraction of sp³-hybridized carbons (Fsp3) is 0.814. The summed E-state index contributed by atoms with van der Waals surface area (Å²) in [6.07, 6.45) is 65.7. The van der Waals surface area contributed by atoms with E-state index in [1.807, 2.05) is 6.08 Å². The van der Waals surface area contributed by atoms with Crippen LogP contribution in [0.2, 0.25) is 0 Å². The van der Waals surface area contributed by atoms with Crippen molar-refractivity contribution in [2.24, 2.45) is 0 Å². The van der Waals surface area contributed by atoms with Crippen LogP contribution in [0.5, 0.6) is 0 Å². The number of carbonyl (C=O) groups is 3. The van der Waals surface area contributed by atoms with Crippen molar-refractivity contribution in [1.82, 2.24) is 0 Å². The van der Waals surface area contributed by atoms with Gasteiger partial charge < -0.3 is 14.2 Å². The van der Waals surface area contributed by atoms with E-state index in [2.05, 4.69) is 63.3 Å². The molecule has 378 valence electrons. The van der Waals surface area contributed by atoms with Gasteiger partial charge in [-0.2, -0.15) is 0 Å². The second-order valence-electron chi connectivity index (χ2n) is 18.8. The maximum Gasteiger partial charge on any atom is 0.306 e. The molecule has 0 aliphatic heterocycles. The van der Waals surface area contributed by atoms with E-state index >= 15 is 0 Å². The molecule has 65 heavy (non-hydrogen) atoms. The molecule has 0 saturated carbocycles. The molecule has 0 saturated heterocycles. The molecule has 6 heteroatoms. The summed E-state index contributed by atoms with van der Waals surface area (Å²) in [6, 6.07) is 0. The molecule has 6 nitrogen and oxygen atoms in total. The summed E-state index contributed by atoms with van der Waals surface area (Å²) in [5.41, 5.74) is 0. The number of hydrogen-bond acceptors (Lipinski definition) is 6. The third kappa shape index (κ3) is 52.2. The van der Waals surface area contributed by atoms with E-state index in [-0.39, 0.29) is 37.5 Å². The zero-order valence-corrected chi connectivity index (χ0v) is 43.3. The number of allylic oxidation sites excluding steroid dienone is 8. The lowest BCUT2D eigenvalue weighted by Crippen LogP contribution is -2.30. The minimum Gasteiger partial charge on any atom is -0.462 e.